The number of hydrogen-bond acceptors (Lipinski definition) is 2. The molecule has 138 valence electrons. The molecule has 0 fully saturated rings. The second kappa shape index (κ2) is 9.39. The Bertz CT molecular complexity index is 769. The van der Waals surface area contributed by atoms with Crippen LogP contribution in [0, 0.1) is 13.8 Å². The largest absolute Gasteiger partial charge is 0.356 e. The summed E-state index contributed by atoms with van der Waals surface area (Å²) in [6, 6.07) is 13.6. The zero-order valence-electron chi connectivity index (χ0n) is 15.5. The van der Waals surface area contributed by atoms with Crippen LogP contribution in [0.1, 0.15) is 30.0 Å². The minimum absolute atomic E-state index is 0.0670. The summed E-state index contributed by atoms with van der Waals surface area (Å²) in [5.74, 6) is -0.135. The molecule has 0 spiro atoms. The lowest BCUT2D eigenvalue weighted by atomic mass is 10.1. The molecular formula is C21H25ClN2O2. The second-order valence-corrected chi connectivity index (χ2v) is 6.93. The molecular weight excluding hydrogens is 348 g/mol. The summed E-state index contributed by atoms with van der Waals surface area (Å²) in [4.78, 5) is 25.8. The van der Waals surface area contributed by atoms with Gasteiger partial charge < -0.3 is 10.2 Å². The Morgan fingerprint density at radius 1 is 1.08 bits per heavy atom. The highest BCUT2D eigenvalue weighted by Gasteiger charge is 2.14. The first kappa shape index (κ1) is 20.0. The number of aryl methyl sites for hydroxylation is 2. The molecule has 0 aliphatic heterocycles. The van der Waals surface area contributed by atoms with Crippen molar-refractivity contribution in [2.24, 2.45) is 0 Å². The highest BCUT2D eigenvalue weighted by Crippen LogP contribution is 2.19. The van der Waals surface area contributed by atoms with Crippen LogP contribution in [0.25, 0.3) is 0 Å². The van der Waals surface area contributed by atoms with Gasteiger partial charge in [0.05, 0.1) is 0 Å². The number of rotatable bonds is 7. The van der Waals surface area contributed by atoms with Crippen molar-refractivity contribution in [2.75, 3.05) is 18.0 Å². The van der Waals surface area contributed by atoms with Crippen molar-refractivity contribution in [3.8, 4) is 0 Å². The summed E-state index contributed by atoms with van der Waals surface area (Å²) in [6.07, 6.45) is 0.988. The van der Waals surface area contributed by atoms with Crippen LogP contribution in [0.3, 0.4) is 0 Å². The molecule has 2 amide bonds. The predicted octanol–water partition coefficient (Wildman–Crippen LogP) is 4.06. The maximum Gasteiger partial charge on any atom is 0.223 e. The summed E-state index contributed by atoms with van der Waals surface area (Å²) in [5.41, 5.74) is 4.11. The third kappa shape index (κ3) is 6.19. The molecule has 1 N–H and O–H groups in total. The topological polar surface area (TPSA) is 49.4 Å². The Balaban J connectivity index is 1.86. The quantitative estimate of drug-likeness (QED) is 0.796. The highest BCUT2D eigenvalue weighted by molar-refractivity contribution is 6.30. The van der Waals surface area contributed by atoms with Crippen molar-refractivity contribution in [3.05, 3.63) is 64.2 Å². The number of nitrogens with zero attached hydrogens (tertiary/aromatic N) is 1. The number of anilines is 1. The first-order valence-corrected chi connectivity index (χ1v) is 9.10. The average molecular weight is 373 g/mol. The fourth-order valence-corrected chi connectivity index (χ4v) is 3.13. The summed E-state index contributed by atoms with van der Waals surface area (Å²) in [7, 11) is 0. The molecule has 0 unspecified atom stereocenters. The molecule has 0 saturated carbocycles. The van der Waals surface area contributed by atoms with E-state index in [0.29, 0.717) is 18.1 Å². The van der Waals surface area contributed by atoms with Crippen molar-refractivity contribution in [1.29, 1.82) is 0 Å². The Hall–Kier alpha value is -2.33. The van der Waals surface area contributed by atoms with Gasteiger partial charge in [-0.25, -0.2) is 0 Å². The maximum atomic E-state index is 12.1. The first-order chi connectivity index (χ1) is 12.3. The van der Waals surface area contributed by atoms with E-state index in [2.05, 4.69) is 11.4 Å². The van der Waals surface area contributed by atoms with Crippen molar-refractivity contribution in [3.63, 3.8) is 0 Å². The Kier molecular flexibility index (Phi) is 7.22. The monoisotopic (exact) mass is 372 g/mol. The molecule has 2 aromatic carbocycles. The van der Waals surface area contributed by atoms with E-state index in [-0.39, 0.29) is 18.2 Å². The van der Waals surface area contributed by atoms with Crippen LogP contribution in [0.5, 0.6) is 0 Å². The molecule has 0 aliphatic rings. The van der Waals surface area contributed by atoms with Crippen LogP contribution in [-0.2, 0) is 16.0 Å². The van der Waals surface area contributed by atoms with Gasteiger partial charge in [0.1, 0.15) is 0 Å². The molecule has 2 rings (SSSR count). The fraction of sp³-hybridized carbons (Fsp3) is 0.333. The first-order valence-electron chi connectivity index (χ1n) is 8.72. The van der Waals surface area contributed by atoms with Gasteiger partial charge in [0.15, 0.2) is 0 Å². The fourth-order valence-electron chi connectivity index (χ4n) is 2.92. The predicted molar refractivity (Wildman–Crippen MR) is 107 cm³/mol. The third-order valence-electron chi connectivity index (χ3n) is 4.09. The lowest BCUT2D eigenvalue weighted by Crippen LogP contribution is -2.34. The van der Waals surface area contributed by atoms with Gasteiger partial charge in [-0.1, -0.05) is 29.8 Å². The number of hydrogen-bond donors (Lipinski definition) is 1. The molecule has 0 saturated heterocycles. The van der Waals surface area contributed by atoms with E-state index in [1.54, 1.807) is 4.90 Å². The van der Waals surface area contributed by atoms with Crippen LogP contribution in [0.15, 0.2) is 42.5 Å². The van der Waals surface area contributed by atoms with Crippen LogP contribution in [0.2, 0.25) is 5.02 Å². The van der Waals surface area contributed by atoms with E-state index in [9.17, 15) is 9.59 Å². The molecule has 0 aliphatic carbocycles. The summed E-state index contributed by atoms with van der Waals surface area (Å²) >= 11 is 5.96. The van der Waals surface area contributed by atoms with Crippen LogP contribution >= 0.6 is 11.6 Å². The highest BCUT2D eigenvalue weighted by atomic mass is 35.5. The van der Waals surface area contributed by atoms with E-state index in [0.717, 1.165) is 28.8 Å². The van der Waals surface area contributed by atoms with E-state index >= 15 is 0 Å². The number of halogens is 1. The standard InChI is InChI=1S/C21H25ClN2O2/c1-15-11-16(2)13-20(12-15)24(17(3)25)10-8-21(26)23-9-7-18-5-4-6-19(22)14-18/h4-6,11-14H,7-10H2,1-3H3,(H,23,26). The number of nitrogens with one attached hydrogen (secondary N) is 1. The van der Waals surface area contributed by atoms with Crippen molar-refractivity contribution >= 4 is 29.1 Å². The lowest BCUT2D eigenvalue weighted by molar-refractivity contribution is -0.121. The summed E-state index contributed by atoms with van der Waals surface area (Å²) < 4.78 is 0. The molecule has 0 bridgehead atoms. The molecule has 26 heavy (non-hydrogen) atoms. The molecule has 2 aromatic rings. The second-order valence-electron chi connectivity index (χ2n) is 6.50. The van der Waals surface area contributed by atoms with Crippen molar-refractivity contribution < 1.29 is 9.59 Å². The number of benzene rings is 2. The zero-order valence-corrected chi connectivity index (χ0v) is 16.3. The van der Waals surface area contributed by atoms with Crippen molar-refractivity contribution in [1.82, 2.24) is 5.32 Å². The Labute approximate surface area is 160 Å². The number of carbonyl (C=O) groups excluding carboxylic acids is 2. The van der Waals surface area contributed by atoms with Gasteiger partial charge in [-0.3, -0.25) is 9.59 Å². The van der Waals surface area contributed by atoms with Crippen LogP contribution in [0.4, 0.5) is 5.69 Å². The minimum atomic E-state index is -0.0678. The van der Waals surface area contributed by atoms with Gasteiger partial charge in [-0.2, -0.15) is 0 Å². The number of amides is 2. The maximum absolute atomic E-state index is 12.1. The van der Waals surface area contributed by atoms with E-state index in [1.807, 2.05) is 50.2 Å². The molecule has 0 aromatic heterocycles. The normalized spacial score (nSPS) is 10.5. The smallest absolute Gasteiger partial charge is 0.223 e. The Morgan fingerprint density at radius 3 is 2.38 bits per heavy atom. The average Bonchev–Trinajstić information content (AvgIpc) is 2.54. The molecule has 0 atom stereocenters. The van der Waals surface area contributed by atoms with Crippen molar-refractivity contribution in [2.45, 2.75) is 33.6 Å². The van der Waals surface area contributed by atoms with Gasteiger partial charge >= 0.3 is 0 Å². The molecule has 0 heterocycles. The molecule has 4 nitrogen and oxygen atoms in total. The van der Waals surface area contributed by atoms with Crippen LogP contribution in [-0.4, -0.2) is 24.9 Å². The van der Waals surface area contributed by atoms with E-state index in [4.69, 9.17) is 11.6 Å². The van der Waals surface area contributed by atoms with Crippen LogP contribution < -0.4 is 10.2 Å². The third-order valence-corrected chi connectivity index (χ3v) is 4.32. The van der Waals surface area contributed by atoms with E-state index in [1.165, 1.54) is 6.92 Å². The van der Waals surface area contributed by atoms with Gasteiger partial charge in [-0.05, 0) is 61.2 Å². The SMILES string of the molecule is CC(=O)N(CCC(=O)NCCc1cccc(Cl)c1)c1cc(C)cc(C)c1. The van der Waals surface area contributed by atoms with Gasteiger partial charge in [0.25, 0.3) is 0 Å². The zero-order chi connectivity index (χ0) is 19.1. The number of carbonyl (C=O) groups is 2. The minimum Gasteiger partial charge on any atom is -0.356 e. The molecule has 0 radical (unpaired) electrons. The van der Waals surface area contributed by atoms with Gasteiger partial charge in [-0.15, -0.1) is 0 Å². The Morgan fingerprint density at radius 2 is 1.77 bits per heavy atom. The molecule has 5 heteroatoms. The summed E-state index contributed by atoms with van der Waals surface area (Å²) in [6.45, 7) is 6.42. The lowest BCUT2D eigenvalue weighted by Gasteiger charge is -2.22. The van der Waals surface area contributed by atoms with Gasteiger partial charge in [0.2, 0.25) is 11.8 Å². The summed E-state index contributed by atoms with van der Waals surface area (Å²) in [5, 5.41) is 3.59. The van der Waals surface area contributed by atoms with Gasteiger partial charge in [0, 0.05) is 37.1 Å². The van der Waals surface area contributed by atoms with E-state index < -0.39 is 0 Å².